The maximum Gasteiger partial charge on any atom is 0.188 e. The standard InChI is InChI=1S/C13H27N3/c1-2-3-10-15-13(14)16-11-6-9-12-7-4-5-8-12/h12H,2-11H2,1H3,(H3,14,15,16). The van der Waals surface area contributed by atoms with Crippen molar-refractivity contribution in [3.63, 3.8) is 0 Å². The van der Waals surface area contributed by atoms with Crippen LogP contribution in [0, 0.1) is 5.92 Å². The number of guanidine groups is 1. The molecule has 0 spiro atoms. The van der Waals surface area contributed by atoms with Gasteiger partial charge in [-0.1, -0.05) is 39.0 Å². The van der Waals surface area contributed by atoms with Gasteiger partial charge < -0.3 is 11.1 Å². The molecular weight excluding hydrogens is 198 g/mol. The number of aliphatic imine (C=N–C) groups is 1. The van der Waals surface area contributed by atoms with Gasteiger partial charge in [-0.15, -0.1) is 0 Å². The highest BCUT2D eigenvalue weighted by atomic mass is 15.1. The average Bonchev–Trinajstić information content (AvgIpc) is 2.78. The molecule has 0 atom stereocenters. The van der Waals surface area contributed by atoms with Crippen LogP contribution in [0.4, 0.5) is 0 Å². The molecule has 1 rings (SSSR count). The predicted molar refractivity (Wildman–Crippen MR) is 70.6 cm³/mol. The third-order valence-corrected chi connectivity index (χ3v) is 3.36. The molecule has 1 saturated carbocycles. The van der Waals surface area contributed by atoms with Crippen molar-refractivity contribution in [2.45, 2.75) is 58.3 Å². The first-order valence-electron chi connectivity index (χ1n) is 6.86. The number of nitrogens with two attached hydrogens (primary N) is 1. The van der Waals surface area contributed by atoms with Gasteiger partial charge in [0.15, 0.2) is 5.96 Å². The molecule has 3 N–H and O–H groups in total. The Morgan fingerprint density at radius 1 is 1.31 bits per heavy atom. The van der Waals surface area contributed by atoms with Crippen LogP contribution < -0.4 is 11.1 Å². The zero-order valence-electron chi connectivity index (χ0n) is 10.7. The molecule has 0 heterocycles. The molecule has 3 nitrogen and oxygen atoms in total. The van der Waals surface area contributed by atoms with Crippen molar-refractivity contribution >= 4 is 5.96 Å². The van der Waals surface area contributed by atoms with Gasteiger partial charge >= 0.3 is 0 Å². The lowest BCUT2D eigenvalue weighted by atomic mass is 10.0. The quantitative estimate of drug-likeness (QED) is 0.397. The third-order valence-electron chi connectivity index (χ3n) is 3.36. The van der Waals surface area contributed by atoms with Gasteiger partial charge in [-0.3, -0.25) is 4.99 Å². The highest BCUT2D eigenvalue weighted by molar-refractivity contribution is 5.77. The van der Waals surface area contributed by atoms with E-state index in [1.807, 2.05) is 0 Å². The zero-order valence-corrected chi connectivity index (χ0v) is 10.7. The molecule has 94 valence electrons. The molecule has 16 heavy (non-hydrogen) atoms. The fourth-order valence-corrected chi connectivity index (χ4v) is 2.33. The summed E-state index contributed by atoms with van der Waals surface area (Å²) in [6, 6.07) is 0. The van der Waals surface area contributed by atoms with Crippen molar-refractivity contribution in [1.82, 2.24) is 5.32 Å². The van der Waals surface area contributed by atoms with Gasteiger partial charge in [0.1, 0.15) is 0 Å². The van der Waals surface area contributed by atoms with Crippen LogP contribution in [-0.4, -0.2) is 19.0 Å². The molecule has 1 aliphatic carbocycles. The van der Waals surface area contributed by atoms with Gasteiger partial charge in [0.05, 0.1) is 0 Å². The number of unbranched alkanes of at least 4 members (excludes halogenated alkanes) is 1. The van der Waals surface area contributed by atoms with E-state index in [-0.39, 0.29) is 0 Å². The SMILES string of the molecule is CCCCNC(N)=NCCCC1CCCC1. The van der Waals surface area contributed by atoms with E-state index in [0.29, 0.717) is 5.96 Å². The van der Waals surface area contributed by atoms with Crippen molar-refractivity contribution in [3.05, 3.63) is 0 Å². The summed E-state index contributed by atoms with van der Waals surface area (Å²) in [5, 5.41) is 3.14. The summed E-state index contributed by atoms with van der Waals surface area (Å²) >= 11 is 0. The Morgan fingerprint density at radius 3 is 2.75 bits per heavy atom. The molecule has 0 aromatic rings. The number of hydrogen-bond acceptors (Lipinski definition) is 1. The molecule has 1 fully saturated rings. The molecule has 1 aliphatic rings. The molecule has 0 amide bonds. The monoisotopic (exact) mass is 225 g/mol. The van der Waals surface area contributed by atoms with Gasteiger partial charge in [0.25, 0.3) is 0 Å². The van der Waals surface area contributed by atoms with E-state index in [1.165, 1.54) is 44.9 Å². The molecule has 0 aromatic heterocycles. The Hall–Kier alpha value is -0.730. The summed E-state index contributed by atoms with van der Waals surface area (Å²) in [6.07, 6.45) is 10.7. The van der Waals surface area contributed by atoms with Crippen LogP contribution in [0.15, 0.2) is 4.99 Å². The second kappa shape index (κ2) is 8.43. The Kier molecular flexibility index (Phi) is 7.02. The fraction of sp³-hybridized carbons (Fsp3) is 0.923. The van der Waals surface area contributed by atoms with Gasteiger partial charge in [0.2, 0.25) is 0 Å². The predicted octanol–water partition coefficient (Wildman–Crippen LogP) is 2.66. The Morgan fingerprint density at radius 2 is 2.06 bits per heavy atom. The first-order valence-corrected chi connectivity index (χ1v) is 6.86. The molecule has 0 aromatic carbocycles. The molecule has 3 heteroatoms. The van der Waals surface area contributed by atoms with E-state index in [0.717, 1.165) is 25.4 Å². The summed E-state index contributed by atoms with van der Waals surface area (Å²) in [5.74, 6) is 1.60. The Bertz CT molecular complexity index is 195. The summed E-state index contributed by atoms with van der Waals surface area (Å²) in [6.45, 7) is 4.02. The summed E-state index contributed by atoms with van der Waals surface area (Å²) < 4.78 is 0. The van der Waals surface area contributed by atoms with E-state index in [1.54, 1.807) is 0 Å². The minimum atomic E-state index is 0.625. The van der Waals surface area contributed by atoms with Crippen molar-refractivity contribution in [3.8, 4) is 0 Å². The van der Waals surface area contributed by atoms with Crippen LogP contribution in [0.3, 0.4) is 0 Å². The molecule has 0 unspecified atom stereocenters. The summed E-state index contributed by atoms with van der Waals surface area (Å²) in [5.41, 5.74) is 5.75. The van der Waals surface area contributed by atoms with E-state index in [9.17, 15) is 0 Å². The van der Waals surface area contributed by atoms with Crippen molar-refractivity contribution < 1.29 is 0 Å². The van der Waals surface area contributed by atoms with Crippen molar-refractivity contribution in [2.75, 3.05) is 13.1 Å². The second-order valence-electron chi connectivity index (χ2n) is 4.84. The largest absolute Gasteiger partial charge is 0.370 e. The average molecular weight is 225 g/mol. The highest BCUT2D eigenvalue weighted by Crippen LogP contribution is 2.28. The molecule has 0 aliphatic heterocycles. The van der Waals surface area contributed by atoms with Crippen molar-refractivity contribution in [1.29, 1.82) is 0 Å². The summed E-state index contributed by atoms with van der Waals surface area (Å²) in [4.78, 5) is 4.34. The molecule has 0 bridgehead atoms. The normalized spacial score (nSPS) is 17.9. The second-order valence-corrected chi connectivity index (χ2v) is 4.84. The van der Waals surface area contributed by atoms with E-state index in [2.05, 4.69) is 17.2 Å². The lowest BCUT2D eigenvalue weighted by molar-refractivity contribution is 0.488. The minimum absolute atomic E-state index is 0.625. The minimum Gasteiger partial charge on any atom is -0.370 e. The Balaban J connectivity index is 1.97. The highest BCUT2D eigenvalue weighted by Gasteiger charge is 2.13. The van der Waals surface area contributed by atoms with E-state index >= 15 is 0 Å². The summed E-state index contributed by atoms with van der Waals surface area (Å²) in [7, 11) is 0. The molecular formula is C13H27N3. The first-order chi connectivity index (χ1) is 7.83. The smallest absolute Gasteiger partial charge is 0.188 e. The van der Waals surface area contributed by atoms with Crippen LogP contribution >= 0.6 is 0 Å². The maximum atomic E-state index is 5.75. The third kappa shape index (κ3) is 5.99. The number of hydrogen-bond donors (Lipinski definition) is 2. The van der Waals surface area contributed by atoms with Crippen LogP contribution in [0.1, 0.15) is 58.3 Å². The van der Waals surface area contributed by atoms with Gasteiger partial charge in [0, 0.05) is 13.1 Å². The lowest BCUT2D eigenvalue weighted by Gasteiger charge is -2.07. The molecule has 0 radical (unpaired) electrons. The first kappa shape index (κ1) is 13.3. The van der Waals surface area contributed by atoms with Crippen LogP contribution in [0.2, 0.25) is 0 Å². The lowest BCUT2D eigenvalue weighted by Crippen LogP contribution is -2.32. The van der Waals surface area contributed by atoms with Crippen LogP contribution in [0.25, 0.3) is 0 Å². The topological polar surface area (TPSA) is 50.4 Å². The number of nitrogens with one attached hydrogen (secondary N) is 1. The fourth-order valence-electron chi connectivity index (χ4n) is 2.33. The van der Waals surface area contributed by atoms with Gasteiger partial charge in [-0.25, -0.2) is 0 Å². The molecule has 0 saturated heterocycles. The number of rotatable bonds is 7. The van der Waals surface area contributed by atoms with Crippen LogP contribution in [-0.2, 0) is 0 Å². The van der Waals surface area contributed by atoms with Gasteiger partial charge in [-0.05, 0) is 25.2 Å². The van der Waals surface area contributed by atoms with Crippen molar-refractivity contribution in [2.24, 2.45) is 16.6 Å². The number of nitrogens with zero attached hydrogens (tertiary/aromatic N) is 1. The maximum absolute atomic E-state index is 5.75. The van der Waals surface area contributed by atoms with E-state index < -0.39 is 0 Å². The van der Waals surface area contributed by atoms with Crippen LogP contribution in [0.5, 0.6) is 0 Å². The van der Waals surface area contributed by atoms with Gasteiger partial charge in [-0.2, -0.15) is 0 Å². The Labute approximate surface area is 99.9 Å². The zero-order chi connectivity index (χ0) is 11.6. The van der Waals surface area contributed by atoms with E-state index in [4.69, 9.17) is 5.73 Å².